The van der Waals surface area contributed by atoms with Crippen molar-refractivity contribution in [3.8, 4) is 0 Å². The van der Waals surface area contributed by atoms with Crippen molar-refractivity contribution in [1.82, 2.24) is 4.98 Å². The van der Waals surface area contributed by atoms with Crippen LogP contribution in [0.5, 0.6) is 0 Å². The zero-order valence-corrected chi connectivity index (χ0v) is 11.4. The van der Waals surface area contributed by atoms with Gasteiger partial charge in [0.15, 0.2) is 0 Å². The van der Waals surface area contributed by atoms with E-state index in [1.54, 1.807) is 0 Å². The molecule has 0 fully saturated rings. The minimum absolute atomic E-state index is 0.155. The van der Waals surface area contributed by atoms with Crippen LogP contribution in [0, 0.1) is 6.92 Å². The highest BCUT2D eigenvalue weighted by Gasteiger charge is 2.11. The van der Waals surface area contributed by atoms with Crippen LogP contribution in [0.1, 0.15) is 22.1 Å². The smallest absolute Gasteiger partial charge is 0.0850 e. The van der Waals surface area contributed by atoms with Crippen molar-refractivity contribution in [2.75, 3.05) is 0 Å². The molecule has 1 heterocycles. The fourth-order valence-electron chi connectivity index (χ4n) is 2.15. The number of hydrogen-bond acceptors (Lipinski definition) is 1. The molecular weight excluding hydrogens is 254 g/mol. The average molecular weight is 268 g/mol. The lowest BCUT2D eigenvalue weighted by Crippen LogP contribution is -1.94. The normalized spacial score (nSPS) is 12.5. The van der Waals surface area contributed by atoms with Crippen LogP contribution in [0.3, 0.4) is 0 Å². The van der Waals surface area contributed by atoms with Gasteiger partial charge < -0.3 is 0 Å². The highest BCUT2D eigenvalue weighted by Crippen LogP contribution is 2.29. The van der Waals surface area contributed by atoms with Gasteiger partial charge in [0.1, 0.15) is 0 Å². The highest BCUT2D eigenvalue weighted by atomic mass is 35.5. The number of rotatable bonds is 2. The highest BCUT2D eigenvalue weighted by molar-refractivity contribution is 6.22. The number of hydrogen-bond donors (Lipinski definition) is 0. The summed E-state index contributed by atoms with van der Waals surface area (Å²) in [6, 6.07) is 18.5. The van der Waals surface area contributed by atoms with E-state index in [0.29, 0.717) is 0 Å². The molecule has 1 aromatic heterocycles. The zero-order valence-electron chi connectivity index (χ0n) is 10.7. The molecule has 3 rings (SSSR count). The van der Waals surface area contributed by atoms with Crippen LogP contribution in [-0.2, 0) is 0 Å². The molecule has 0 spiro atoms. The Morgan fingerprint density at radius 3 is 2.47 bits per heavy atom. The van der Waals surface area contributed by atoms with Gasteiger partial charge in [0.05, 0.1) is 10.9 Å². The minimum Gasteiger partial charge on any atom is -0.256 e. The molecular formula is C17H14ClN. The predicted octanol–water partition coefficient (Wildman–Crippen LogP) is 4.87. The summed E-state index contributed by atoms with van der Waals surface area (Å²) >= 11 is 6.54. The number of para-hydroxylation sites is 1. The van der Waals surface area contributed by atoms with E-state index in [2.05, 4.69) is 48.3 Å². The third kappa shape index (κ3) is 2.47. The van der Waals surface area contributed by atoms with Gasteiger partial charge in [-0.15, -0.1) is 11.6 Å². The summed E-state index contributed by atoms with van der Waals surface area (Å²) in [6.45, 7) is 2.07. The fraction of sp³-hybridized carbons (Fsp3) is 0.118. The Bertz CT molecular complexity index is 704. The van der Waals surface area contributed by atoms with Crippen molar-refractivity contribution in [2.24, 2.45) is 0 Å². The molecule has 2 aromatic carbocycles. The maximum absolute atomic E-state index is 6.54. The maximum Gasteiger partial charge on any atom is 0.0850 e. The van der Waals surface area contributed by atoms with E-state index < -0.39 is 0 Å². The summed E-state index contributed by atoms with van der Waals surface area (Å²) < 4.78 is 0. The summed E-state index contributed by atoms with van der Waals surface area (Å²) in [4.78, 5) is 4.46. The predicted molar refractivity (Wildman–Crippen MR) is 80.6 cm³/mol. The van der Waals surface area contributed by atoms with Crippen molar-refractivity contribution < 1.29 is 0 Å². The largest absolute Gasteiger partial charge is 0.256 e. The van der Waals surface area contributed by atoms with Gasteiger partial charge in [0.25, 0.3) is 0 Å². The number of aryl methyl sites for hydroxylation is 1. The van der Waals surface area contributed by atoms with Crippen molar-refractivity contribution >= 4 is 22.5 Å². The summed E-state index contributed by atoms with van der Waals surface area (Å²) in [6.07, 6.45) is 1.86. The molecule has 3 aromatic rings. The first-order valence-electron chi connectivity index (χ1n) is 6.29. The van der Waals surface area contributed by atoms with Gasteiger partial charge in [-0.05, 0) is 30.2 Å². The third-order valence-corrected chi connectivity index (χ3v) is 3.78. The van der Waals surface area contributed by atoms with E-state index in [1.807, 2.05) is 24.4 Å². The Hall–Kier alpha value is -1.86. The second-order valence-electron chi connectivity index (χ2n) is 4.73. The molecule has 1 atom stereocenters. The van der Waals surface area contributed by atoms with Crippen LogP contribution in [0.4, 0.5) is 0 Å². The van der Waals surface area contributed by atoms with Gasteiger partial charge in [-0.3, -0.25) is 4.98 Å². The number of benzene rings is 2. The summed E-state index contributed by atoms with van der Waals surface area (Å²) in [5.41, 5.74) is 4.37. The van der Waals surface area contributed by atoms with Gasteiger partial charge in [-0.25, -0.2) is 0 Å². The second kappa shape index (κ2) is 5.02. The molecule has 0 N–H and O–H groups in total. The topological polar surface area (TPSA) is 12.9 Å². The third-order valence-electron chi connectivity index (χ3n) is 3.27. The van der Waals surface area contributed by atoms with Crippen LogP contribution in [-0.4, -0.2) is 4.98 Å². The zero-order chi connectivity index (χ0) is 13.2. The second-order valence-corrected chi connectivity index (χ2v) is 5.17. The fourth-order valence-corrected chi connectivity index (χ4v) is 2.42. The number of pyridine rings is 1. The first-order valence-corrected chi connectivity index (χ1v) is 6.73. The Kier molecular flexibility index (Phi) is 3.22. The molecule has 0 aliphatic rings. The lowest BCUT2D eigenvalue weighted by atomic mass is 10.0. The number of halogens is 1. The van der Waals surface area contributed by atoms with E-state index in [9.17, 15) is 0 Å². The number of fused-ring (bicyclic) bond motifs is 1. The maximum atomic E-state index is 6.54. The Balaban J connectivity index is 2.01. The molecule has 94 valence electrons. The van der Waals surface area contributed by atoms with Gasteiger partial charge in [-0.2, -0.15) is 0 Å². The van der Waals surface area contributed by atoms with Crippen molar-refractivity contribution in [1.29, 1.82) is 0 Å². The molecule has 19 heavy (non-hydrogen) atoms. The molecule has 2 heteroatoms. The lowest BCUT2D eigenvalue weighted by Gasteiger charge is -2.11. The van der Waals surface area contributed by atoms with Crippen LogP contribution >= 0.6 is 11.6 Å². The van der Waals surface area contributed by atoms with Crippen LogP contribution in [0.15, 0.2) is 60.8 Å². The molecule has 0 aliphatic heterocycles. The quantitative estimate of drug-likeness (QED) is 0.604. The summed E-state index contributed by atoms with van der Waals surface area (Å²) in [5.74, 6) is 0. The van der Waals surface area contributed by atoms with Gasteiger partial charge in [0.2, 0.25) is 0 Å². The lowest BCUT2D eigenvalue weighted by molar-refractivity contribution is 1.12. The molecule has 0 saturated carbocycles. The molecule has 0 bridgehead atoms. The van der Waals surface area contributed by atoms with Crippen LogP contribution in [0.25, 0.3) is 10.9 Å². The van der Waals surface area contributed by atoms with Gasteiger partial charge in [0, 0.05) is 11.6 Å². The van der Waals surface area contributed by atoms with E-state index in [1.165, 1.54) is 5.56 Å². The van der Waals surface area contributed by atoms with Crippen molar-refractivity contribution in [3.05, 3.63) is 77.5 Å². The molecule has 1 unspecified atom stereocenters. The number of aromatic nitrogens is 1. The Morgan fingerprint density at radius 2 is 1.68 bits per heavy atom. The molecule has 0 radical (unpaired) electrons. The Labute approximate surface area is 117 Å². The van der Waals surface area contributed by atoms with E-state index in [0.717, 1.165) is 22.0 Å². The summed E-state index contributed by atoms with van der Waals surface area (Å²) in [5, 5.41) is 0.968. The van der Waals surface area contributed by atoms with Gasteiger partial charge in [-0.1, -0.05) is 48.0 Å². The van der Waals surface area contributed by atoms with Crippen molar-refractivity contribution in [3.63, 3.8) is 0 Å². The van der Waals surface area contributed by atoms with Gasteiger partial charge >= 0.3 is 0 Å². The average Bonchev–Trinajstić information content (AvgIpc) is 2.47. The molecule has 0 aliphatic carbocycles. The van der Waals surface area contributed by atoms with Crippen LogP contribution in [0.2, 0.25) is 0 Å². The van der Waals surface area contributed by atoms with E-state index in [-0.39, 0.29) is 5.38 Å². The summed E-state index contributed by atoms with van der Waals surface area (Å²) in [7, 11) is 0. The number of alkyl halides is 1. The first kappa shape index (κ1) is 12.2. The first-order chi connectivity index (χ1) is 9.24. The monoisotopic (exact) mass is 267 g/mol. The SMILES string of the molecule is Cc1ccc(C(Cl)c2cnc3ccccc3c2)cc1. The van der Waals surface area contributed by atoms with Crippen molar-refractivity contribution in [2.45, 2.75) is 12.3 Å². The minimum atomic E-state index is -0.155. The van der Waals surface area contributed by atoms with Crippen LogP contribution < -0.4 is 0 Å². The molecule has 0 amide bonds. The molecule has 1 nitrogen and oxygen atoms in total. The van der Waals surface area contributed by atoms with E-state index in [4.69, 9.17) is 11.6 Å². The Morgan fingerprint density at radius 1 is 0.947 bits per heavy atom. The number of nitrogens with zero attached hydrogens (tertiary/aromatic N) is 1. The molecule has 0 saturated heterocycles. The van der Waals surface area contributed by atoms with E-state index >= 15 is 0 Å². The standard InChI is InChI=1S/C17H14ClN/c1-12-6-8-13(9-7-12)17(18)15-10-14-4-2-3-5-16(14)19-11-15/h2-11,17H,1H3.